The van der Waals surface area contributed by atoms with Gasteiger partial charge in [-0.1, -0.05) is 49.3 Å². The minimum Gasteiger partial charge on any atom is -0.344 e. The lowest BCUT2D eigenvalue weighted by atomic mass is 9.77. The molecule has 6 nitrogen and oxygen atoms in total. The number of hydrogen-bond donors (Lipinski definition) is 2. The summed E-state index contributed by atoms with van der Waals surface area (Å²) in [6.07, 6.45) is 3.16. The Bertz CT molecular complexity index is 692. The fraction of sp³-hybridized carbons (Fsp3) is 0.500. The molecule has 0 saturated heterocycles. The third-order valence-corrected chi connectivity index (χ3v) is 4.59. The number of aromatic nitrogens is 2. The van der Waals surface area contributed by atoms with E-state index in [1.807, 2.05) is 44.2 Å². The molecule has 3 rings (SSSR count). The minimum absolute atomic E-state index is 0.0641. The molecule has 0 aliphatic heterocycles. The van der Waals surface area contributed by atoms with Crippen molar-refractivity contribution in [3.05, 3.63) is 47.6 Å². The van der Waals surface area contributed by atoms with E-state index in [1.165, 1.54) is 0 Å². The number of carbonyl (C=O) groups is 1. The fourth-order valence-corrected chi connectivity index (χ4v) is 2.86. The van der Waals surface area contributed by atoms with Crippen molar-refractivity contribution in [1.29, 1.82) is 0 Å². The van der Waals surface area contributed by atoms with E-state index in [9.17, 15) is 4.79 Å². The molecular formula is C18H24N4O2. The Hall–Kier alpha value is -2.21. The van der Waals surface area contributed by atoms with Crippen LogP contribution in [0.25, 0.3) is 0 Å². The Morgan fingerprint density at radius 1 is 1.33 bits per heavy atom. The van der Waals surface area contributed by atoms with Crippen LogP contribution in [-0.4, -0.2) is 16.0 Å². The summed E-state index contributed by atoms with van der Waals surface area (Å²) in [4.78, 5) is 16.8. The molecular weight excluding hydrogens is 304 g/mol. The molecule has 24 heavy (non-hydrogen) atoms. The molecule has 0 radical (unpaired) electrons. The van der Waals surface area contributed by atoms with E-state index < -0.39 is 5.54 Å². The van der Waals surface area contributed by atoms with Crippen LogP contribution >= 0.6 is 0 Å². The monoisotopic (exact) mass is 328 g/mol. The van der Waals surface area contributed by atoms with Gasteiger partial charge < -0.3 is 15.6 Å². The first-order valence-corrected chi connectivity index (χ1v) is 8.44. The lowest BCUT2D eigenvalue weighted by molar-refractivity contribution is -0.121. The molecule has 1 saturated carbocycles. The molecule has 1 heterocycles. The summed E-state index contributed by atoms with van der Waals surface area (Å²) in [7, 11) is 0. The van der Waals surface area contributed by atoms with Crippen LogP contribution in [0.4, 0.5) is 0 Å². The highest BCUT2D eigenvalue weighted by Crippen LogP contribution is 2.37. The van der Waals surface area contributed by atoms with Crippen LogP contribution in [0, 0.1) is 5.92 Å². The van der Waals surface area contributed by atoms with Crippen LogP contribution in [0.2, 0.25) is 0 Å². The first kappa shape index (κ1) is 16.6. The van der Waals surface area contributed by atoms with E-state index in [0.717, 1.165) is 24.8 Å². The van der Waals surface area contributed by atoms with Gasteiger partial charge in [-0.15, -0.1) is 0 Å². The Kier molecular flexibility index (Phi) is 4.66. The smallest absolute Gasteiger partial charge is 0.249 e. The molecule has 0 bridgehead atoms. The zero-order chi connectivity index (χ0) is 17.2. The molecule has 1 fully saturated rings. The molecule has 1 amide bonds. The van der Waals surface area contributed by atoms with E-state index >= 15 is 0 Å². The van der Waals surface area contributed by atoms with Gasteiger partial charge in [-0.05, 0) is 30.7 Å². The molecule has 1 unspecified atom stereocenters. The van der Waals surface area contributed by atoms with E-state index in [4.69, 9.17) is 10.3 Å². The van der Waals surface area contributed by atoms with Crippen LogP contribution in [0.1, 0.15) is 56.4 Å². The van der Waals surface area contributed by atoms with E-state index in [0.29, 0.717) is 18.1 Å². The normalized spacial score (nSPS) is 17.3. The molecule has 0 spiro atoms. The average molecular weight is 328 g/mol. The first-order valence-electron chi connectivity index (χ1n) is 8.44. The van der Waals surface area contributed by atoms with E-state index in [1.54, 1.807) is 0 Å². The van der Waals surface area contributed by atoms with Gasteiger partial charge in [0, 0.05) is 0 Å². The lowest BCUT2D eigenvalue weighted by Gasteiger charge is -2.34. The van der Waals surface area contributed by atoms with Gasteiger partial charge in [-0.2, -0.15) is 4.98 Å². The van der Waals surface area contributed by atoms with Gasteiger partial charge in [-0.3, -0.25) is 4.79 Å². The fourth-order valence-electron chi connectivity index (χ4n) is 2.86. The second-order valence-corrected chi connectivity index (χ2v) is 6.92. The highest BCUT2D eigenvalue weighted by molar-refractivity contribution is 5.78. The Morgan fingerprint density at radius 2 is 2.04 bits per heavy atom. The molecule has 6 heteroatoms. The largest absolute Gasteiger partial charge is 0.344 e. The van der Waals surface area contributed by atoms with Crippen molar-refractivity contribution < 1.29 is 9.32 Å². The van der Waals surface area contributed by atoms with Crippen molar-refractivity contribution in [3.63, 3.8) is 0 Å². The van der Waals surface area contributed by atoms with Crippen molar-refractivity contribution >= 4 is 5.91 Å². The van der Waals surface area contributed by atoms with Crippen molar-refractivity contribution in [1.82, 2.24) is 15.5 Å². The summed E-state index contributed by atoms with van der Waals surface area (Å²) in [5.74, 6) is 1.05. The number of hydrogen-bond acceptors (Lipinski definition) is 5. The van der Waals surface area contributed by atoms with Crippen molar-refractivity contribution in [2.45, 2.75) is 51.1 Å². The Morgan fingerprint density at radius 3 is 2.62 bits per heavy atom. The lowest BCUT2D eigenvalue weighted by Crippen LogP contribution is -2.44. The second kappa shape index (κ2) is 6.73. The van der Waals surface area contributed by atoms with Gasteiger partial charge in [-0.25, -0.2) is 0 Å². The molecule has 1 aliphatic rings. The summed E-state index contributed by atoms with van der Waals surface area (Å²) >= 11 is 0. The standard InChI is InChI=1S/C18H24N4O2/c1-12(2)15(20-14(23)11-13-7-4-3-5-8-13)16-21-17(22-24-16)18(19)9-6-10-18/h3-5,7-8,12,15H,6,9-11,19H2,1-2H3,(H,20,23). The number of carbonyl (C=O) groups excluding carboxylic acids is 1. The second-order valence-electron chi connectivity index (χ2n) is 6.92. The summed E-state index contributed by atoms with van der Waals surface area (Å²) in [6, 6.07) is 9.33. The van der Waals surface area contributed by atoms with Crippen LogP contribution in [0.15, 0.2) is 34.9 Å². The Balaban J connectivity index is 1.69. The number of nitrogens with one attached hydrogen (secondary N) is 1. The van der Waals surface area contributed by atoms with E-state index in [2.05, 4.69) is 15.5 Å². The maximum Gasteiger partial charge on any atom is 0.249 e. The van der Waals surface area contributed by atoms with Gasteiger partial charge in [0.15, 0.2) is 5.82 Å². The third-order valence-electron chi connectivity index (χ3n) is 4.59. The van der Waals surface area contributed by atoms with Gasteiger partial charge in [0.2, 0.25) is 11.8 Å². The predicted molar refractivity (Wildman–Crippen MR) is 89.9 cm³/mol. The molecule has 1 aromatic heterocycles. The highest BCUT2D eigenvalue weighted by atomic mass is 16.5. The summed E-state index contributed by atoms with van der Waals surface area (Å²) in [5, 5.41) is 7.05. The molecule has 128 valence electrons. The zero-order valence-corrected chi connectivity index (χ0v) is 14.2. The quantitative estimate of drug-likeness (QED) is 0.849. The molecule has 3 N–H and O–H groups in total. The van der Waals surface area contributed by atoms with Crippen LogP contribution in [0.5, 0.6) is 0 Å². The molecule has 1 aliphatic carbocycles. The first-order chi connectivity index (χ1) is 11.5. The van der Waals surface area contributed by atoms with Crippen molar-refractivity contribution in [3.8, 4) is 0 Å². The number of nitrogens with two attached hydrogens (primary N) is 1. The molecule has 1 atom stereocenters. The number of nitrogens with zero attached hydrogens (tertiary/aromatic N) is 2. The van der Waals surface area contributed by atoms with Crippen molar-refractivity contribution in [2.75, 3.05) is 0 Å². The van der Waals surface area contributed by atoms with Gasteiger partial charge in [0.25, 0.3) is 0 Å². The molecule has 1 aromatic carbocycles. The third kappa shape index (κ3) is 3.48. The topological polar surface area (TPSA) is 94.0 Å². The van der Waals surface area contributed by atoms with Crippen LogP contribution < -0.4 is 11.1 Å². The van der Waals surface area contributed by atoms with Gasteiger partial charge in [0.05, 0.1) is 12.0 Å². The molecule has 2 aromatic rings. The summed E-state index contributed by atoms with van der Waals surface area (Å²) < 4.78 is 5.41. The minimum atomic E-state index is -0.461. The highest BCUT2D eigenvalue weighted by Gasteiger charge is 2.39. The maximum atomic E-state index is 12.3. The summed E-state index contributed by atoms with van der Waals surface area (Å²) in [5.41, 5.74) is 6.76. The number of amides is 1. The summed E-state index contributed by atoms with van der Waals surface area (Å²) in [6.45, 7) is 4.03. The van der Waals surface area contributed by atoms with Gasteiger partial charge in [0.1, 0.15) is 6.04 Å². The maximum absolute atomic E-state index is 12.3. The van der Waals surface area contributed by atoms with Gasteiger partial charge >= 0.3 is 0 Å². The van der Waals surface area contributed by atoms with E-state index in [-0.39, 0.29) is 17.9 Å². The number of rotatable bonds is 6. The van der Waals surface area contributed by atoms with Crippen molar-refractivity contribution in [2.24, 2.45) is 11.7 Å². The average Bonchev–Trinajstić information content (AvgIpc) is 3.01. The zero-order valence-electron chi connectivity index (χ0n) is 14.2. The Labute approximate surface area is 141 Å². The van der Waals surface area contributed by atoms with Crippen LogP contribution in [0.3, 0.4) is 0 Å². The number of benzene rings is 1. The predicted octanol–water partition coefficient (Wildman–Crippen LogP) is 2.46. The van der Waals surface area contributed by atoms with Crippen LogP contribution in [-0.2, 0) is 16.8 Å². The SMILES string of the molecule is CC(C)C(NC(=O)Cc1ccccc1)c1nc(C2(N)CCC2)no1.